The molecule has 0 saturated heterocycles. The molecule has 7 aromatic carbocycles. The molecule has 3 aliphatic rings. The average molecular weight is 561 g/mol. The summed E-state index contributed by atoms with van der Waals surface area (Å²) in [7, 11) is 0. The maximum Gasteiger partial charge on any atom is 0.0159 e. The molecule has 0 nitrogen and oxygen atoms in total. The highest BCUT2D eigenvalue weighted by Crippen LogP contribution is 2.59. The molecule has 0 amide bonds. The number of benzene rings is 7. The number of hydrogen-bond acceptors (Lipinski definition) is 0. The third kappa shape index (κ3) is 2.85. The molecule has 0 bridgehead atoms. The van der Waals surface area contributed by atoms with Gasteiger partial charge in [-0.15, -0.1) is 0 Å². The molecule has 0 heteroatoms. The van der Waals surface area contributed by atoms with E-state index >= 15 is 0 Å². The van der Waals surface area contributed by atoms with Gasteiger partial charge < -0.3 is 0 Å². The van der Waals surface area contributed by atoms with Crippen LogP contribution in [0.4, 0.5) is 0 Å². The van der Waals surface area contributed by atoms with Gasteiger partial charge in [-0.05, 0) is 118 Å². The highest BCUT2D eigenvalue weighted by Gasteiger charge is 2.40. The monoisotopic (exact) mass is 560 g/mol. The van der Waals surface area contributed by atoms with E-state index in [4.69, 9.17) is 0 Å². The van der Waals surface area contributed by atoms with E-state index in [0.29, 0.717) is 0 Å². The topological polar surface area (TPSA) is 0 Å². The van der Waals surface area contributed by atoms with Crippen molar-refractivity contribution < 1.29 is 0 Å². The summed E-state index contributed by atoms with van der Waals surface area (Å²) >= 11 is 0. The molecule has 0 unspecified atom stereocenters. The Bertz CT molecular complexity index is 2430. The van der Waals surface area contributed by atoms with E-state index in [1.807, 2.05) is 0 Å². The molecule has 0 spiro atoms. The molecule has 3 aliphatic carbocycles. The maximum absolute atomic E-state index is 2.53. The highest BCUT2D eigenvalue weighted by molar-refractivity contribution is 6.21. The maximum atomic E-state index is 2.53. The number of hydrogen-bond donors (Lipinski definition) is 0. The van der Waals surface area contributed by atoms with E-state index in [9.17, 15) is 0 Å². The molecule has 208 valence electrons. The SMILES string of the molecule is CC1(C)c2cc(-c3cccc4ccccc34)ccc2-c2cc3c(cc21)-c1ccc2c4c(ccc-3c14)C(C)(C)c1ccccc1-2. The van der Waals surface area contributed by atoms with E-state index in [1.165, 1.54) is 99.4 Å². The Morgan fingerprint density at radius 2 is 0.932 bits per heavy atom. The average Bonchev–Trinajstić information content (AvgIpc) is 3.48. The third-order valence-electron chi connectivity index (χ3n) is 11.2. The number of rotatable bonds is 1. The molecule has 0 aliphatic heterocycles. The summed E-state index contributed by atoms with van der Waals surface area (Å²) < 4.78 is 0. The van der Waals surface area contributed by atoms with E-state index in [0.717, 1.165) is 0 Å². The first kappa shape index (κ1) is 24.5. The van der Waals surface area contributed by atoms with Gasteiger partial charge in [-0.2, -0.15) is 0 Å². The van der Waals surface area contributed by atoms with Crippen molar-refractivity contribution in [2.75, 3.05) is 0 Å². The van der Waals surface area contributed by atoms with Crippen LogP contribution in [-0.4, -0.2) is 0 Å². The minimum Gasteiger partial charge on any atom is -0.0619 e. The lowest BCUT2D eigenvalue weighted by molar-refractivity contribution is 0.645. The van der Waals surface area contributed by atoms with Gasteiger partial charge in [-0.3, -0.25) is 0 Å². The standard InChI is InChI=1S/C44H32/c1-43(2)37-15-8-7-13-29(37)31-18-19-32-35-24-40-36(23-34(35)33-20-21-38(43)42(31)41(32)33)30-17-16-26(22-39(30)44(40,3)4)28-14-9-11-25-10-5-6-12-27(25)28/h5-24H,1-4H3. The van der Waals surface area contributed by atoms with Crippen LogP contribution in [0.2, 0.25) is 0 Å². The van der Waals surface area contributed by atoms with Gasteiger partial charge in [0.1, 0.15) is 0 Å². The van der Waals surface area contributed by atoms with Crippen molar-refractivity contribution in [2.24, 2.45) is 0 Å². The van der Waals surface area contributed by atoms with Crippen LogP contribution >= 0.6 is 0 Å². The van der Waals surface area contributed by atoms with Gasteiger partial charge in [0.05, 0.1) is 0 Å². The predicted molar refractivity (Wildman–Crippen MR) is 186 cm³/mol. The fourth-order valence-corrected chi connectivity index (χ4v) is 8.97. The normalized spacial score (nSPS) is 15.6. The first-order chi connectivity index (χ1) is 21.3. The van der Waals surface area contributed by atoms with Gasteiger partial charge in [-0.25, -0.2) is 0 Å². The van der Waals surface area contributed by atoms with Gasteiger partial charge in [0.2, 0.25) is 0 Å². The molecule has 0 aromatic heterocycles. The van der Waals surface area contributed by atoms with Crippen molar-refractivity contribution in [2.45, 2.75) is 38.5 Å². The largest absolute Gasteiger partial charge is 0.0619 e. The van der Waals surface area contributed by atoms with E-state index in [1.54, 1.807) is 0 Å². The zero-order valence-electron chi connectivity index (χ0n) is 25.5. The summed E-state index contributed by atoms with van der Waals surface area (Å²) in [6.07, 6.45) is 0. The van der Waals surface area contributed by atoms with Crippen LogP contribution < -0.4 is 0 Å². The smallest absolute Gasteiger partial charge is 0.0159 e. The molecular formula is C44H32. The van der Waals surface area contributed by atoms with Crippen LogP contribution in [0.25, 0.3) is 77.2 Å². The van der Waals surface area contributed by atoms with Gasteiger partial charge in [0, 0.05) is 10.8 Å². The fourth-order valence-electron chi connectivity index (χ4n) is 8.97. The van der Waals surface area contributed by atoms with E-state index < -0.39 is 0 Å². The lowest BCUT2D eigenvalue weighted by atomic mass is 9.68. The number of fused-ring (bicyclic) bond motifs is 9. The van der Waals surface area contributed by atoms with Gasteiger partial charge in [-0.1, -0.05) is 131 Å². The Kier molecular flexibility index (Phi) is 4.43. The summed E-state index contributed by atoms with van der Waals surface area (Å²) in [6.45, 7) is 9.60. The fraction of sp³-hybridized carbons (Fsp3) is 0.136. The van der Waals surface area contributed by atoms with Crippen LogP contribution in [-0.2, 0) is 10.8 Å². The molecule has 0 atom stereocenters. The summed E-state index contributed by atoms with van der Waals surface area (Å²) in [6, 6.07) is 46.2. The minimum absolute atomic E-state index is 0.0417. The van der Waals surface area contributed by atoms with Gasteiger partial charge in [0.15, 0.2) is 0 Å². The molecule has 0 fully saturated rings. The Morgan fingerprint density at radius 3 is 1.80 bits per heavy atom. The van der Waals surface area contributed by atoms with Crippen LogP contribution in [0.5, 0.6) is 0 Å². The second kappa shape index (κ2) is 7.96. The summed E-state index contributed by atoms with van der Waals surface area (Å²) in [5.74, 6) is 0. The highest BCUT2D eigenvalue weighted by atomic mass is 14.4. The van der Waals surface area contributed by atoms with Crippen molar-refractivity contribution >= 4 is 21.5 Å². The second-order valence-corrected chi connectivity index (χ2v) is 14.1. The van der Waals surface area contributed by atoms with E-state index in [2.05, 4.69) is 149 Å². The Morgan fingerprint density at radius 1 is 0.341 bits per heavy atom. The minimum atomic E-state index is -0.0916. The van der Waals surface area contributed by atoms with Crippen LogP contribution in [0.3, 0.4) is 0 Å². The summed E-state index contributed by atoms with van der Waals surface area (Å²) in [5, 5.41) is 5.48. The molecule has 0 radical (unpaired) electrons. The first-order valence-electron chi connectivity index (χ1n) is 15.9. The Labute approximate surface area is 258 Å². The van der Waals surface area contributed by atoms with Crippen LogP contribution in [0.15, 0.2) is 121 Å². The van der Waals surface area contributed by atoms with Crippen molar-refractivity contribution in [3.8, 4) is 55.6 Å². The third-order valence-corrected chi connectivity index (χ3v) is 11.2. The zero-order valence-corrected chi connectivity index (χ0v) is 25.5. The molecule has 10 rings (SSSR count). The van der Waals surface area contributed by atoms with Gasteiger partial charge in [0.25, 0.3) is 0 Å². The molecule has 0 heterocycles. The van der Waals surface area contributed by atoms with Gasteiger partial charge >= 0.3 is 0 Å². The molecule has 44 heavy (non-hydrogen) atoms. The molecular weight excluding hydrogens is 528 g/mol. The zero-order chi connectivity index (χ0) is 29.5. The Hall–Kier alpha value is -4.94. The quantitative estimate of drug-likeness (QED) is 0.187. The summed E-state index contributed by atoms with van der Waals surface area (Å²) in [4.78, 5) is 0. The van der Waals surface area contributed by atoms with Crippen molar-refractivity contribution in [3.05, 3.63) is 144 Å². The molecule has 0 N–H and O–H groups in total. The molecule has 0 saturated carbocycles. The predicted octanol–water partition coefficient (Wildman–Crippen LogP) is 11.9. The van der Waals surface area contributed by atoms with Crippen molar-refractivity contribution in [3.63, 3.8) is 0 Å². The lowest BCUT2D eigenvalue weighted by Crippen LogP contribution is -2.23. The summed E-state index contributed by atoms with van der Waals surface area (Å²) in [5.41, 5.74) is 19.2. The second-order valence-electron chi connectivity index (χ2n) is 14.1. The Balaban J connectivity index is 1.19. The van der Waals surface area contributed by atoms with Crippen molar-refractivity contribution in [1.82, 2.24) is 0 Å². The van der Waals surface area contributed by atoms with Crippen LogP contribution in [0, 0.1) is 0 Å². The van der Waals surface area contributed by atoms with Crippen LogP contribution in [0.1, 0.15) is 49.9 Å². The van der Waals surface area contributed by atoms with Crippen molar-refractivity contribution in [1.29, 1.82) is 0 Å². The van der Waals surface area contributed by atoms with E-state index in [-0.39, 0.29) is 10.8 Å². The molecule has 7 aromatic rings. The first-order valence-corrected chi connectivity index (χ1v) is 15.9. The lowest BCUT2D eigenvalue weighted by Gasteiger charge is -2.35.